The molecule has 138 valence electrons. The van der Waals surface area contributed by atoms with Gasteiger partial charge in [0.25, 0.3) is 0 Å². The number of para-hydroxylation sites is 2. The second-order valence-corrected chi connectivity index (χ2v) is 7.41. The van der Waals surface area contributed by atoms with Crippen molar-refractivity contribution < 1.29 is 4.42 Å². The molecule has 3 aromatic rings. The highest BCUT2D eigenvalue weighted by Gasteiger charge is 2.25. The van der Waals surface area contributed by atoms with Crippen LogP contribution in [0.5, 0.6) is 0 Å². The predicted molar refractivity (Wildman–Crippen MR) is 117 cm³/mol. The molecular formula is C26H23NO. The van der Waals surface area contributed by atoms with Gasteiger partial charge < -0.3 is 9.32 Å². The number of anilines is 2. The fourth-order valence-corrected chi connectivity index (χ4v) is 4.08. The van der Waals surface area contributed by atoms with Crippen molar-refractivity contribution in [1.29, 1.82) is 0 Å². The van der Waals surface area contributed by atoms with Crippen LogP contribution >= 0.6 is 0 Å². The molecule has 2 heteroatoms. The summed E-state index contributed by atoms with van der Waals surface area (Å²) in [5.74, 6) is 2.13. The Labute approximate surface area is 166 Å². The zero-order valence-corrected chi connectivity index (χ0v) is 16.1. The van der Waals surface area contributed by atoms with Crippen LogP contribution in [0.25, 0.3) is 12.2 Å². The van der Waals surface area contributed by atoms with Gasteiger partial charge >= 0.3 is 0 Å². The van der Waals surface area contributed by atoms with E-state index < -0.39 is 0 Å². The minimum atomic E-state index is 0.924. The Hall–Kier alpha value is -3.26. The molecule has 1 aromatic heterocycles. The molecule has 0 unspecified atom stereocenters. The predicted octanol–water partition coefficient (Wildman–Crippen LogP) is 6.92. The van der Waals surface area contributed by atoms with Gasteiger partial charge in [0.15, 0.2) is 0 Å². The van der Waals surface area contributed by atoms with E-state index in [0.717, 1.165) is 30.8 Å². The third-order valence-corrected chi connectivity index (χ3v) is 5.52. The summed E-state index contributed by atoms with van der Waals surface area (Å²) in [6.45, 7) is 2.14. The van der Waals surface area contributed by atoms with Gasteiger partial charge in [-0.25, -0.2) is 0 Å². The number of allylic oxidation sites excluding steroid dienone is 4. The van der Waals surface area contributed by atoms with Crippen molar-refractivity contribution in [2.75, 3.05) is 4.90 Å². The molecule has 2 aliphatic carbocycles. The molecule has 1 heterocycles. The van der Waals surface area contributed by atoms with Crippen molar-refractivity contribution in [2.24, 2.45) is 0 Å². The maximum Gasteiger partial charge on any atom is 0.131 e. The number of nitrogens with zero attached hydrogens (tertiary/aromatic N) is 1. The standard InChI is InChI=1S/C26H23NO/c1-19-12-15-23-24-18-22(14-17-26(24)28-25(23)16-13-19)27(20-8-4-2-5-9-20)21-10-6-3-7-11-21/h2-13,16,18H,14-15,17H2,1H3. The third-order valence-electron chi connectivity index (χ3n) is 5.52. The average Bonchev–Trinajstić information content (AvgIpc) is 2.98. The van der Waals surface area contributed by atoms with Crippen LogP contribution in [-0.2, 0) is 12.8 Å². The third kappa shape index (κ3) is 3.01. The molecule has 0 aliphatic heterocycles. The molecular weight excluding hydrogens is 342 g/mol. The van der Waals surface area contributed by atoms with E-state index in [1.54, 1.807) is 0 Å². The number of benzene rings is 2. The second-order valence-electron chi connectivity index (χ2n) is 7.41. The molecule has 28 heavy (non-hydrogen) atoms. The Morgan fingerprint density at radius 2 is 1.50 bits per heavy atom. The van der Waals surface area contributed by atoms with Crippen LogP contribution in [0.15, 0.2) is 88.5 Å². The first-order chi connectivity index (χ1) is 13.8. The summed E-state index contributed by atoms with van der Waals surface area (Å²) in [6, 6.07) is 21.2. The number of hydrogen-bond acceptors (Lipinski definition) is 2. The van der Waals surface area contributed by atoms with Crippen LogP contribution in [0.2, 0.25) is 0 Å². The first-order valence-electron chi connectivity index (χ1n) is 9.90. The average molecular weight is 365 g/mol. The van der Waals surface area contributed by atoms with Gasteiger partial charge in [-0.2, -0.15) is 0 Å². The Morgan fingerprint density at radius 3 is 2.18 bits per heavy atom. The first kappa shape index (κ1) is 16.9. The molecule has 0 atom stereocenters. The van der Waals surface area contributed by atoms with E-state index in [1.807, 2.05) is 0 Å². The van der Waals surface area contributed by atoms with Crippen molar-refractivity contribution in [2.45, 2.75) is 26.2 Å². The second kappa shape index (κ2) is 7.05. The van der Waals surface area contributed by atoms with Gasteiger partial charge in [0.05, 0.1) is 0 Å². The number of aryl methyl sites for hydroxylation is 1. The summed E-state index contributed by atoms with van der Waals surface area (Å²) < 4.78 is 6.21. The van der Waals surface area contributed by atoms with Crippen LogP contribution in [0.1, 0.15) is 36.0 Å². The lowest BCUT2D eigenvalue weighted by Gasteiger charge is -2.29. The van der Waals surface area contributed by atoms with Crippen LogP contribution in [0.3, 0.4) is 0 Å². The fourth-order valence-electron chi connectivity index (χ4n) is 4.08. The van der Waals surface area contributed by atoms with Crippen LogP contribution in [0, 0.1) is 0 Å². The molecule has 0 spiro atoms. The van der Waals surface area contributed by atoms with E-state index in [4.69, 9.17) is 4.42 Å². The van der Waals surface area contributed by atoms with E-state index >= 15 is 0 Å². The van der Waals surface area contributed by atoms with Crippen molar-refractivity contribution in [3.63, 3.8) is 0 Å². The van der Waals surface area contributed by atoms with Crippen molar-refractivity contribution in [1.82, 2.24) is 0 Å². The topological polar surface area (TPSA) is 16.4 Å². The molecule has 0 fully saturated rings. The van der Waals surface area contributed by atoms with E-state index in [2.05, 4.69) is 96.8 Å². The molecule has 5 rings (SSSR count). The molecule has 0 radical (unpaired) electrons. The molecule has 0 saturated heterocycles. The minimum absolute atomic E-state index is 0.924. The van der Waals surface area contributed by atoms with Gasteiger partial charge in [0.1, 0.15) is 11.5 Å². The smallest absolute Gasteiger partial charge is 0.131 e. The molecule has 2 nitrogen and oxygen atoms in total. The van der Waals surface area contributed by atoms with Crippen molar-refractivity contribution >= 4 is 23.5 Å². The highest BCUT2D eigenvalue weighted by molar-refractivity contribution is 5.76. The summed E-state index contributed by atoms with van der Waals surface area (Å²) in [7, 11) is 0. The summed E-state index contributed by atoms with van der Waals surface area (Å²) >= 11 is 0. The SMILES string of the molecule is CC1=CCc2c(oc3c2C=C(N(c2ccccc2)c2ccccc2)CC3)C=C1. The fraction of sp³-hybridized carbons (Fsp3) is 0.154. The maximum atomic E-state index is 6.21. The number of hydrogen-bond donors (Lipinski definition) is 0. The van der Waals surface area contributed by atoms with Gasteiger partial charge in [0.2, 0.25) is 0 Å². The number of rotatable bonds is 3. The van der Waals surface area contributed by atoms with Crippen molar-refractivity contribution in [3.05, 3.63) is 107 Å². The van der Waals surface area contributed by atoms with E-state index in [9.17, 15) is 0 Å². The quantitative estimate of drug-likeness (QED) is 0.501. The van der Waals surface area contributed by atoms with Gasteiger partial charge in [-0.1, -0.05) is 54.1 Å². The maximum absolute atomic E-state index is 6.21. The summed E-state index contributed by atoms with van der Waals surface area (Å²) in [5.41, 5.74) is 7.55. The molecule has 0 saturated carbocycles. The van der Waals surface area contributed by atoms with E-state index in [-0.39, 0.29) is 0 Å². The zero-order valence-electron chi connectivity index (χ0n) is 16.1. The van der Waals surface area contributed by atoms with Crippen LogP contribution in [0.4, 0.5) is 11.4 Å². The number of furan rings is 1. The lowest BCUT2D eigenvalue weighted by molar-refractivity contribution is 0.495. The van der Waals surface area contributed by atoms with Crippen LogP contribution in [-0.4, -0.2) is 0 Å². The summed E-state index contributed by atoms with van der Waals surface area (Å²) in [4.78, 5) is 2.37. The lowest BCUT2D eigenvalue weighted by atomic mass is 9.96. The van der Waals surface area contributed by atoms with Crippen molar-refractivity contribution in [3.8, 4) is 0 Å². The van der Waals surface area contributed by atoms with Gasteiger partial charge in [-0.05, 0) is 56.2 Å². The molecule has 0 amide bonds. The molecule has 2 aliphatic rings. The lowest BCUT2D eigenvalue weighted by Crippen LogP contribution is -2.18. The normalized spacial score (nSPS) is 15.2. The molecule has 0 N–H and O–H groups in total. The highest BCUT2D eigenvalue weighted by atomic mass is 16.3. The van der Waals surface area contributed by atoms with Gasteiger partial charge in [-0.15, -0.1) is 0 Å². The minimum Gasteiger partial charge on any atom is -0.461 e. The Bertz CT molecular complexity index is 1040. The zero-order chi connectivity index (χ0) is 18.9. The Morgan fingerprint density at radius 1 is 0.821 bits per heavy atom. The van der Waals surface area contributed by atoms with Gasteiger partial charge in [0, 0.05) is 34.6 Å². The molecule has 2 aromatic carbocycles. The first-order valence-corrected chi connectivity index (χ1v) is 9.90. The monoisotopic (exact) mass is 365 g/mol. The summed E-state index contributed by atoms with van der Waals surface area (Å²) in [5, 5.41) is 0. The van der Waals surface area contributed by atoms with E-state index in [0.29, 0.717) is 0 Å². The Balaban J connectivity index is 1.63. The van der Waals surface area contributed by atoms with E-state index in [1.165, 1.54) is 33.8 Å². The largest absolute Gasteiger partial charge is 0.461 e. The summed E-state index contributed by atoms with van der Waals surface area (Å²) in [6.07, 6.45) is 11.7. The highest BCUT2D eigenvalue weighted by Crippen LogP contribution is 2.39. The molecule has 0 bridgehead atoms. The van der Waals surface area contributed by atoms with Crippen LogP contribution < -0.4 is 4.90 Å². The number of fused-ring (bicyclic) bond motifs is 3. The van der Waals surface area contributed by atoms with Gasteiger partial charge in [-0.3, -0.25) is 0 Å². The Kier molecular flexibility index (Phi) is 4.25.